The fourth-order valence-electron chi connectivity index (χ4n) is 3.38. The molecule has 0 spiro atoms. The summed E-state index contributed by atoms with van der Waals surface area (Å²) in [5, 5.41) is 0. The Kier molecular flexibility index (Phi) is 13.3. The molecule has 1 aliphatic heterocycles. The van der Waals surface area contributed by atoms with Gasteiger partial charge in [0.2, 0.25) is 0 Å². The zero-order chi connectivity index (χ0) is 15.9. The molecule has 22 heavy (non-hydrogen) atoms. The molecule has 0 aromatic rings. The Morgan fingerprint density at radius 3 is 1.45 bits per heavy atom. The summed E-state index contributed by atoms with van der Waals surface area (Å²) in [6.07, 6.45) is 17.7. The first kappa shape index (κ1) is 20.8. The minimum atomic E-state index is -2.63. The number of hydrogen-bond donors (Lipinski definition) is 0. The third-order valence-electron chi connectivity index (χ3n) is 4.84. The zero-order valence-corrected chi connectivity index (χ0v) is 18.2. The van der Waals surface area contributed by atoms with Crippen molar-refractivity contribution in [2.75, 3.05) is 13.2 Å². The molecule has 0 N–H and O–H groups in total. The monoisotopic (exact) mass is 420 g/mol. The van der Waals surface area contributed by atoms with Gasteiger partial charge in [-0.15, -0.1) is 0 Å². The van der Waals surface area contributed by atoms with E-state index >= 15 is 0 Å². The van der Waals surface area contributed by atoms with Crippen LogP contribution in [-0.4, -0.2) is 32.4 Å². The first-order valence-electron chi connectivity index (χ1n) is 10.1. The summed E-state index contributed by atoms with van der Waals surface area (Å²) in [7, 11) is 0. The average Bonchev–Trinajstić information content (AvgIpc) is 2.55. The predicted octanol–water partition coefficient (Wildman–Crippen LogP) is 6.59. The van der Waals surface area contributed by atoms with Crippen molar-refractivity contribution in [2.24, 2.45) is 0 Å². The van der Waals surface area contributed by atoms with Gasteiger partial charge in [-0.3, -0.25) is 0 Å². The van der Waals surface area contributed by atoms with Gasteiger partial charge in [0.1, 0.15) is 0 Å². The van der Waals surface area contributed by atoms with Crippen LogP contribution in [0, 0.1) is 0 Å². The number of unbranched alkanes of at least 4 members (excludes halogenated alkanes) is 10. The maximum atomic E-state index is 6.31. The van der Waals surface area contributed by atoms with Crippen LogP contribution >= 0.6 is 0 Å². The van der Waals surface area contributed by atoms with E-state index < -0.39 is 19.2 Å². The van der Waals surface area contributed by atoms with Crippen molar-refractivity contribution < 1.29 is 6.15 Å². The van der Waals surface area contributed by atoms with Crippen molar-refractivity contribution in [3.05, 3.63) is 0 Å². The Morgan fingerprint density at radius 1 is 0.591 bits per heavy atom. The molecule has 0 amide bonds. The van der Waals surface area contributed by atoms with E-state index in [1.165, 1.54) is 85.9 Å². The summed E-state index contributed by atoms with van der Waals surface area (Å²) >= 11 is -2.63. The van der Waals surface area contributed by atoms with E-state index in [2.05, 4.69) is 13.8 Å². The Balaban J connectivity index is 2.17. The molecule has 0 unspecified atom stereocenters. The molecule has 0 aromatic heterocycles. The molecule has 2 nitrogen and oxygen atoms in total. The van der Waals surface area contributed by atoms with Gasteiger partial charge in [0.25, 0.3) is 0 Å². The second-order valence-electron chi connectivity index (χ2n) is 7.00. The van der Waals surface area contributed by atoms with E-state index in [0.29, 0.717) is 0 Å². The molecule has 1 heterocycles. The Labute approximate surface area is 144 Å². The van der Waals surface area contributed by atoms with Crippen LogP contribution < -0.4 is 0 Å². The van der Waals surface area contributed by atoms with Crippen LogP contribution in [0.1, 0.15) is 97.3 Å². The van der Waals surface area contributed by atoms with Gasteiger partial charge in [0.15, 0.2) is 0 Å². The van der Waals surface area contributed by atoms with Gasteiger partial charge < -0.3 is 0 Å². The van der Waals surface area contributed by atoms with Crippen molar-refractivity contribution in [3.8, 4) is 0 Å². The molecule has 0 aromatic carbocycles. The van der Waals surface area contributed by atoms with Crippen LogP contribution in [-0.2, 0) is 6.15 Å². The molecule has 132 valence electrons. The Morgan fingerprint density at radius 2 is 1.00 bits per heavy atom. The van der Waals surface area contributed by atoms with Gasteiger partial charge >= 0.3 is 145 Å². The van der Waals surface area contributed by atoms with Crippen molar-refractivity contribution in [2.45, 2.75) is 106 Å². The zero-order valence-electron chi connectivity index (χ0n) is 15.3. The van der Waals surface area contributed by atoms with Crippen LogP contribution in [0.5, 0.6) is 0 Å². The van der Waals surface area contributed by atoms with Crippen LogP contribution in [0.2, 0.25) is 8.87 Å². The number of hydrogen-bond acceptors (Lipinski definition) is 2. The summed E-state index contributed by atoms with van der Waals surface area (Å²) in [6, 6.07) is 0. The molecular weight excluding hydrogens is 379 g/mol. The fourth-order valence-corrected chi connectivity index (χ4v) is 13.4. The second kappa shape index (κ2) is 14.1. The van der Waals surface area contributed by atoms with Crippen molar-refractivity contribution in [1.82, 2.24) is 0 Å². The van der Waals surface area contributed by atoms with E-state index in [0.717, 1.165) is 19.6 Å². The Bertz CT molecular complexity index is 222. The second-order valence-corrected chi connectivity index (χ2v) is 16.7. The first-order valence-corrected chi connectivity index (χ1v) is 16.5. The van der Waals surface area contributed by atoms with Crippen LogP contribution in [0.15, 0.2) is 0 Å². The van der Waals surface area contributed by atoms with E-state index in [9.17, 15) is 0 Å². The molecule has 0 bridgehead atoms. The van der Waals surface area contributed by atoms with Gasteiger partial charge in [-0.25, -0.2) is 0 Å². The quantitative estimate of drug-likeness (QED) is 0.234. The molecule has 1 aliphatic rings. The van der Waals surface area contributed by atoms with E-state index in [4.69, 9.17) is 6.15 Å². The third kappa shape index (κ3) is 9.77. The molecule has 1 rings (SSSR count). The summed E-state index contributed by atoms with van der Waals surface area (Å²) in [4.78, 5) is 0. The van der Waals surface area contributed by atoms with E-state index in [1.54, 1.807) is 0 Å². The van der Waals surface area contributed by atoms with Gasteiger partial charge in [-0.05, 0) is 0 Å². The maximum absolute atomic E-state index is 6.31. The fraction of sp³-hybridized carbons (Fsp3) is 1.00. The topological polar surface area (TPSA) is 18.5 Å². The third-order valence-corrected chi connectivity index (χ3v) is 15.4. The molecule has 1 saturated heterocycles. The average molecular weight is 419 g/mol. The standard InChI is InChI=1S/2C8H17.C3H6O2.Sn/c2*1-3-5-7-8-6-4-2;4-2-1-3-5;/h2*1,3-8H2,2H3;1-3H2;/q;;-2;+2. The van der Waals surface area contributed by atoms with Gasteiger partial charge in [0, 0.05) is 0 Å². The van der Waals surface area contributed by atoms with E-state index in [1.807, 2.05) is 0 Å². The SMILES string of the molecule is CCCCCCC[CH2][Sn]1([CH2]CCCCCCC)[O]CCC[O]1. The normalized spacial score (nSPS) is 17.7. The molecule has 0 saturated carbocycles. The van der Waals surface area contributed by atoms with Gasteiger partial charge in [-0.1, -0.05) is 0 Å². The summed E-state index contributed by atoms with van der Waals surface area (Å²) in [5.41, 5.74) is 0. The number of rotatable bonds is 14. The van der Waals surface area contributed by atoms with Crippen LogP contribution in [0.25, 0.3) is 0 Å². The molecule has 0 aliphatic carbocycles. The minimum absolute atomic E-state index is 0.988. The van der Waals surface area contributed by atoms with Crippen molar-refractivity contribution in [1.29, 1.82) is 0 Å². The van der Waals surface area contributed by atoms with Gasteiger partial charge in [0.05, 0.1) is 0 Å². The molecular formula is C19H40O2Sn. The van der Waals surface area contributed by atoms with Crippen LogP contribution in [0.4, 0.5) is 0 Å². The first-order chi connectivity index (χ1) is 10.8. The summed E-state index contributed by atoms with van der Waals surface area (Å²) < 4.78 is 15.2. The van der Waals surface area contributed by atoms with Crippen molar-refractivity contribution >= 4 is 19.2 Å². The summed E-state index contributed by atoms with van der Waals surface area (Å²) in [5.74, 6) is 0. The van der Waals surface area contributed by atoms with Crippen LogP contribution in [0.3, 0.4) is 0 Å². The van der Waals surface area contributed by atoms with E-state index in [-0.39, 0.29) is 0 Å². The molecule has 3 heteroatoms. The van der Waals surface area contributed by atoms with Crippen molar-refractivity contribution in [3.63, 3.8) is 0 Å². The molecule has 0 atom stereocenters. The molecule has 1 fully saturated rings. The predicted molar refractivity (Wildman–Crippen MR) is 98.6 cm³/mol. The van der Waals surface area contributed by atoms with Gasteiger partial charge in [-0.2, -0.15) is 0 Å². The summed E-state index contributed by atoms with van der Waals surface area (Å²) in [6.45, 7) is 6.55. The Hall–Kier alpha value is 0.719. The molecule has 0 radical (unpaired) electrons.